The van der Waals surface area contributed by atoms with Gasteiger partial charge in [-0.15, -0.1) is 0 Å². The van der Waals surface area contributed by atoms with Crippen molar-refractivity contribution in [2.75, 3.05) is 39.8 Å². The number of sulfonamides is 1. The van der Waals surface area contributed by atoms with Crippen LogP contribution in [0.4, 0.5) is 0 Å². The van der Waals surface area contributed by atoms with E-state index >= 15 is 0 Å². The molecule has 156 valence electrons. The van der Waals surface area contributed by atoms with E-state index in [4.69, 9.17) is 0 Å². The Bertz CT molecular complexity index is 953. The van der Waals surface area contributed by atoms with Crippen molar-refractivity contribution in [2.24, 2.45) is 0 Å². The van der Waals surface area contributed by atoms with Gasteiger partial charge in [-0.3, -0.25) is 4.79 Å². The van der Waals surface area contributed by atoms with Crippen LogP contribution in [-0.4, -0.2) is 68.2 Å². The second-order valence-electron chi connectivity index (χ2n) is 7.71. The largest absolute Gasteiger partial charge is 0.339 e. The highest BCUT2D eigenvalue weighted by molar-refractivity contribution is 7.89. The maximum Gasteiger partial charge on any atom is 0.244 e. The molecule has 0 saturated carbocycles. The minimum absolute atomic E-state index is 0.150. The van der Waals surface area contributed by atoms with Gasteiger partial charge >= 0.3 is 0 Å². The summed E-state index contributed by atoms with van der Waals surface area (Å²) in [4.78, 5) is 17.1. The van der Waals surface area contributed by atoms with E-state index in [0.717, 1.165) is 24.2 Å². The maximum absolute atomic E-state index is 13.5. The highest BCUT2D eigenvalue weighted by atomic mass is 32.2. The van der Waals surface area contributed by atoms with Crippen LogP contribution < -0.4 is 0 Å². The summed E-state index contributed by atoms with van der Waals surface area (Å²) in [6.45, 7) is 6.51. The molecule has 0 radical (unpaired) electrons. The number of likely N-dealkylation sites (N-methyl/N-ethyl adjacent to an activating group) is 1. The van der Waals surface area contributed by atoms with Crippen LogP contribution in [-0.2, 0) is 21.4 Å². The Morgan fingerprint density at radius 1 is 1.00 bits per heavy atom. The van der Waals surface area contributed by atoms with Crippen LogP contribution in [0.25, 0.3) is 0 Å². The lowest BCUT2D eigenvalue weighted by Crippen LogP contribution is -2.50. The zero-order valence-corrected chi connectivity index (χ0v) is 18.2. The predicted molar refractivity (Wildman–Crippen MR) is 114 cm³/mol. The van der Waals surface area contributed by atoms with Crippen LogP contribution in [0.2, 0.25) is 0 Å². The number of amides is 1. The van der Waals surface area contributed by atoms with Gasteiger partial charge in [0, 0.05) is 32.7 Å². The van der Waals surface area contributed by atoms with Gasteiger partial charge in [-0.1, -0.05) is 42.5 Å². The van der Waals surface area contributed by atoms with Crippen LogP contribution >= 0.6 is 0 Å². The summed E-state index contributed by atoms with van der Waals surface area (Å²) in [6.07, 6.45) is 0. The topological polar surface area (TPSA) is 60.9 Å². The van der Waals surface area contributed by atoms with Gasteiger partial charge in [0.25, 0.3) is 0 Å². The van der Waals surface area contributed by atoms with Gasteiger partial charge in [-0.25, -0.2) is 8.42 Å². The second-order valence-corrected chi connectivity index (χ2v) is 9.62. The summed E-state index contributed by atoms with van der Waals surface area (Å²) >= 11 is 0. The van der Waals surface area contributed by atoms with E-state index in [9.17, 15) is 13.2 Å². The third-order valence-electron chi connectivity index (χ3n) is 5.33. The van der Waals surface area contributed by atoms with E-state index in [1.165, 1.54) is 4.31 Å². The molecule has 0 bridgehead atoms. The summed E-state index contributed by atoms with van der Waals surface area (Å²) in [5.41, 5.74) is 2.41. The molecule has 0 spiro atoms. The number of carbonyl (C=O) groups excluding carboxylic acids is 1. The molecule has 0 aromatic heterocycles. The van der Waals surface area contributed by atoms with Crippen molar-refractivity contribution in [2.45, 2.75) is 25.3 Å². The fraction of sp³-hybridized carbons (Fsp3) is 0.409. The van der Waals surface area contributed by atoms with Crippen molar-refractivity contribution in [3.8, 4) is 0 Å². The van der Waals surface area contributed by atoms with Gasteiger partial charge in [0.2, 0.25) is 15.9 Å². The van der Waals surface area contributed by atoms with Gasteiger partial charge < -0.3 is 9.80 Å². The third-order valence-corrected chi connectivity index (χ3v) is 7.26. The summed E-state index contributed by atoms with van der Waals surface area (Å²) in [6, 6.07) is 14.8. The first-order valence-corrected chi connectivity index (χ1v) is 11.3. The standard InChI is InChI=1S/C22H29N3O3S/c1-18-9-10-19(2)21(15-18)29(27,28)25(16-20-7-5-4-6-8-20)17-22(26)24-13-11-23(3)12-14-24/h4-10,15H,11-14,16-17H2,1-3H3. The summed E-state index contributed by atoms with van der Waals surface area (Å²) in [7, 11) is -1.80. The van der Waals surface area contributed by atoms with Crippen molar-refractivity contribution in [1.29, 1.82) is 0 Å². The Kier molecular flexibility index (Phi) is 6.72. The first kappa shape index (κ1) is 21.5. The molecule has 2 aromatic rings. The van der Waals surface area contributed by atoms with Crippen LogP contribution in [0.1, 0.15) is 16.7 Å². The predicted octanol–water partition coefficient (Wildman–Crippen LogP) is 2.27. The molecular weight excluding hydrogens is 386 g/mol. The molecule has 1 aliphatic rings. The molecule has 2 aromatic carbocycles. The zero-order chi connectivity index (χ0) is 21.0. The molecule has 1 heterocycles. The average molecular weight is 416 g/mol. The van der Waals surface area contributed by atoms with Crippen molar-refractivity contribution in [3.63, 3.8) is 0 Å². The SMILES string of the molecule is Cc1ccc(C)c(S(=O)(=O)N(CC(=O)N2CCN(C)CC2)Cc2ccccc2)c1. The highest BCUT2D eigenvalue weighted by Gasteiger charge is 2.30. The highest BCUT2D eigenvalue weighted by Crippen LogP contribution is 2.23. The Balaban J connectivity index is 1.90. The van der Waals surface area contributed by atoms with Gasteiger partial charge in [0.1, 0.15) is 0 Å². The average Bonchev–Trinajstić information content (AvgIpc) is 2.70. The fourth-order valence-electron chi connectivity index (χ4n) is 3.44. The Morgan fingerprint density at radius 3 is 2.31 bits per heavy atom. The molecular formula is C22H29N3O3S. The van der Waals surface area contributed by atoms with E-state index < -0.39 is 10.0 Å². The van der Waals surface area contributed by atoms with E-state index in [0.29, 0.717) is 18.7 Å². The molecule has 0 unspecified atom stereocenters. The number of nitrogens with zero attached hydrogens (tertiary/aromatic N) is 3. The number of carbonyl (C=O) groups is 1. The minimum Gasteiger partial charge on any atom is -0.339 e. The van der Waals surface area contributed by atoms with Crippen LogP contribution in [0.3, 0.4) is 0 Å². The van der Waals surface area contributed by atoms with Gasteiger partial charge in [0.05, 0.1) is 11.4 Å². The summed E-state index contributed by atoms with van der Waals surface area (Å²) in [5.74, 6) is -0.150. The van der Waals surface area contributed by atoms with E-state index in [1.54, 1.807) is 17.9 Å². The number of piperazine rings is 1. The Morgan fingerprint density at radius 2 is 1.66 bits per heavy atom. The molecule has 1 amide bonds. The van der Waals surface area contributed by atoms with Crippen LogP contribution in [0.15, 0.2) is 53.4 Å². The van der Waals surface area contributed by atoms with E-state index in [1.807, 2.05) is 56.4 Å². The molecule has 1 saturated heterocycles. The molecule has 6 nitrogen and oxygen atoms in total. The number of hydrogen-bond acceptors (Lipinski definition) is 4. The van der Waals surface area contributed by atoms with Gasteiger partial charge in [0.15, 0.2) is 0 Å². The number of aryl methyl sites for hydroxylation is 2. The quantitative estimate of drug-likeness (QED) is 0.726. The maximum atomic E-state index is 13.5. The smallest absolute Gasteiger partial charge is 0.244 e. The Hall–Kier alpha value is -2.22. The third kappa shape index (κ3) is 5.23. The number of rotatable bonds is 6. The van der Waals surface area contributed by atoms with Crippen LogP contribution in [0.5, 0.6) is 0 Å². The van der Waals surface area contributed by atoms with Gasteiger partial charge in [-0.2, -0.15) is 4.31 Å². The van der Waals surface area contributed by atoms with Crippen molar-refractivity contribution < 1.29 is 13.2 Å². The zero-order valence-electron chi connectivity index (χ0n) is 17.3. The van der Waals surface area contributed by atoms with E-state index in [2.05, 4.69) is 4.90 Å². The lowest BCUT2D eigenvalue weighted by atomic mass is 10.2. The molecule has 1 aliphatic heterocycles. The first-order valence-electron chi connectivity index (χ1n) is 9.85. The van der Waals surface area contributed by atoms with Crippen LogP contribution in [0, 0.1) is 13.8 Å². The lowest BCUT2D eigenvalue weighted by molar-refractivity contribution is -0.133. The molecule has 0 N–H and O–H groups in total. The Labute approximate surface area is 173 Å². The fourth-order valence-corrected chi connectivity index (χ4v) is 5.13. The first-order chi connectivity index (χ1) is 13.8. The monoisotopic (exact) mass is 415 g/mol. The molecule has 0 aliphatic carbocycles. The van der Waals surface area contributed by atoms with Gasteiger partial charge in [-0.05, 0) is 43.7 Å². The number of hydrogen-bond donors (Lipinski definition) is 0. The molecule has 1 fully saturated rings. The molecule has 7 heteroatoms. The minimum atomic E-state index is -3.82. The second kappa shape index (κ2) is 9.07. The molecule has 0 atom stereocenters. The normalized spacial score (nSPS) is 15.7. The number of benzene rings is 2. The van der Waals surface area contributed by atoms with Crippen molar-refractivity contribution in [3.05, 3.63) is 65.2 Å². The lowest BCUT2D eigenvalue weighted by Gasteiger charge is -2.34. The summed E-state index contributed by atoms with van der Waals surface area (Å²) < 4.78 is 28.4. The van der Waals surface area contributed by atoms with E-state index in [-0.39, 0.29) is 23.9 Å². The molecule has 3 rings (SSSR count). The summed E-state index contributed by atoms with van der Waals surface area (Å²) in [5, 5.41) is 0. The van der Waals surface area contributed by atoms with Crippen molar-refractivity contribution in [1.82, 2.24) is 14.1 Å². The molecule has 29 heavy (non-hydrogen) atoms. The van der Waals surface area contributed by atoms with Crippen molar-refractivity contribution >= 4 is 15.9 Å².